The van der Waals surface area contributed by atoms with Gasteiger partial charge in [-0.15, -0.1) is 0 Å². The SMILES string of the molecule is CCC(C)(C)C(=O)C(C)C(F)(F)F. The molecule has 0 amide bonds. The highest BCUT2D eigenvalue weighted by Crippen LogP contribution is 2.34. The molecule has 0 fully saturated rings. The number of carbonyl (C=O) groups is 1. The van der Waals surface area contributed by atoms with E-state index in [-0.39, 0.29) is 0 Å². The first-order valence-corrected chi connectivity index (χ1v) is 4.24. The lowest BCUT2D eigenvalue weighted by atomic mass is 9.79. The van der Waals surface area contributed by atoms with Crippen LogP contribution < -0.4 is 0 Å². The van der Waals surface area contributed by atoms with E-state index in [1.165, 1.54) is 13.8 Å². The Labute approximate surface area is 76.3 Å². The molecule has 0 aliphatic heterocycles. The molecule has 4 heteroatoms. The van der Waals surface area contributed by atoms with Gasteiger partial charge in [0.2, 0.25) is 0 Å². The van der Waals surface area contributed by atoms with E-state index in [1.54, 1.807) is 6.92 Å². The Kier molecular flexibility index (Phi) is 3.53. The Morgan fingerprint density at radius 3 is 1.92 bits per heavy atom. The lowest BCUT2D eigenvalue weighted by molar-refractivity contribution is -0.182. The smallest absolute Gasteiger partial charge is 0.298 e. The second-order valence-corrected chi connectivity index (χ2v) is 3.86. The molecule has 1 nitrogen and oxygen atoms in total. The summed E-state index contributed by atoms with van der Waals surface area (Å²) in [4.78, 5) is 11.3. The predicted octanol–water partition coefficient (Wildman–Crippen LogP) is 3.19. The van der Waals surface area contributed by atoms with Crippen LogP contribution in [0.25, 0.3) is 0 Å². The zero-order chi connectivity index (χ0) is 10.9. The standard InChI is InChI=1S/C9H15F3O/c1-5-8(3,4)7(13)6(2)9(10,11)12/h6H,5H2,1-4H3. The van der Waals surface area contributed by atoms with Crippen molar-refractivity contribution in [3.05, 3.63) is 0 Å². The average Bonchev–Trinajstić information content (AvgIpc) is 2.00. The first kappa shape index (κ1) is 12.5. The number of hydrogen-bond donors (Lipinski definition) is 0. The maximum Gasteiger partial charge on any atom is 0.398 e. The summed E-state index contributed by atoms with van der Waals surface area (Å²) in [7, 11) is 0. The van der Waals surface area contributed by atoms with E-state index in [0.717, 1.165) is 6.92 Å². The third kappa shape index (κ3) is 3.01. The molecule has 78 valence electrons. The van der Waals surface area contributed by atoms with Gasteiger partial charge in [-0.25, -0.2) is 0 Å². The Bertz CT molecular complexity index is 194. The molecule has 0 bridgehead atoms. The molecule has 0 aromatic carbocycles. The zero-order valence-electron chi connectivity index (χ0n) is 8.33. The van der Waals surface area contributed by atoms with Gasteiger partial charge >= 0.3 is 6.18 Å². The number of halogens is 3. The largest absolute Gasteiger partial charge is 0.398 e. The second-order valence-electron chi connectivity index (χ2n) is 3.86. The molecule has 0 spiro atoms. The number of hydrogen-bond acceptors (Lipinski definition) is 1. The van der Waals surface area contributed by atoms with Gasteiger partial charge in [0.25, 0.3) is 0 Å². The fourth-order valence-electron chi connectivity index (χ4n) is 0.909. The molecule has 0 N–H and O–H groups in total. The fourth-order valence-corrected chi connectivity index (χ4v) is 0.909. The van der Waals surface area contributed by atoms with E-state index in [4.69, 9.17) is 0 Å². The van der Waals surface area contributed by atoms with Crippen molar-refractivity contribution < 1.29 is 18.0 Å². The molecule has 0 heterocycles. The molecule has 0 aromatic heterocycles. The summed E-state index contributed by atoms with van der Waals surface area (Å²) in [5.74, 6) is -2.59. The number of Topliss-reactive ketones (excluding diaryl/α,β-unsaturated/α-hetero) is 1. The highest BCUT2D eigenvalue weighted by molar-refractivity contribution is 5.86. The first-order valence-electron chi connectivity index (χ1n) is 4.24. The van der Waals surface area contributed by atoms with E-state index in [0.29, 0.717) is 6.42 Å². The van der Waals surface area contributed by atoms with Crippen LogP contribution in [0.15, 0.2) is 0 Å². The molecule has 13 heavy (non-hydrogen) atoms. The minimum atomic E-state index is -4.41. The number of alkyl halides is 3. The summed E-state index contributed by atoms with van der Waals surface area (Å²) in [5.41, 5.74) is -0.880. The van der Waals surface area contributed by atoms with Crippen molar-refractivity contribution in [1.29, 1.82) is 0 Å². The molecular formula is C9H15F3O. The molecule has 0 aliphatic carbocycles. The topological polar surface area (TPSA) is 17.1 Å². The van der Waals surface area contributed by atoms with Crippen molar-refractivity contribution >= 4 is 5.78 Å². The molecule has 1 unspecified atom stereocenters. The summed E-state index contributed by atoms with van der Waals surface area (Å²) in [6.45, 7) is 5.70. The summed E-state index contributed by atoms with van der Waals surface area (Å²) in [5, 5.41) is 0. The van der Waals surface area contributed by atoms with Gasteiger partial charge in [-0.05, 0) is 13.3 Å². The van der Waals surface area contributed by atoms with Gasteiger partial charge in [0, 0.05) is 5.41 Å². The normalized spacial score (nSPS) is 15.6. The van der Waals surface area contributed by atoms with Crippen molar-refractivity contribution in [3.8, 4) is 0 Å². The van der Waals surface area contributed by atoms with Crippen molar-refractivity contribution in [3.63, 3.8) is 0 Å². The molecule has 0 saturated carbocycles. The lowest BCUT2D eigenvalue weighted by Gasteiger charge is -2.26. The molecule has 1 atom stereocenters. The second kappa shape index (κ2) is 3.68. The summed E-state index contributed by atoms with van der Waals surface area (Å²) >= 11 is 0. The van der Waals surface area contributed by atoms with Crippen LogP contribution in [0, 0.1) is 11.3 Å². The number of rotatable bonds is 3. The minimum Gasteiger partial charge on any atom is -0.298 e. The van der Waals surface area contributed by atoms with Crippen molar-refractivity contribution in [2.75, 3.05) is 0 Å². The summed E-state index contributed by atoms with van der Waals surface area (Å²) in [6, 6.07) is 0. The van der Waals surface area contributed by atoms with Crippen LogP contribution in [0.5, 0.6) is 0 Å². The van der Waals surface area contributed by atoms with E-state index in [1.807, 2.05) is 0 Å². The van der Waals surface area contributed by atoms with Crippen molar-refractivity contribution in [2.45, 2.75) is 40.3 Å². The third-order valence-electron chi connectivity index (χ3n) is 2.44. The van der Waals surface area contributed by atoms with Gasteiger partial charge in [0.05, 0.1) is 0 Å². The van der Waals surface area contributed by atoms with Crippen LogP contribution in [0.2, 0.25) is 0 Å². The summed E-state index contributed by atoms with van der Waals surface area (Å²) in [6.07, 6.45) is -3.99. The Morgan fingerprint density at radius 2 is 1.69 bits per heavy atom. The van der Waals surface area contributed by atoms with Gasteiger partial charge in [0.1, 0.15) is 11.7 Å². The Morgan fingerprint density at radius 1 is 1.31 bits per heavy atom. The van der Waals surface area contributed by atoms with E-state index in [9.17, 15) is 18.0 Å². The number of ketones is 1. The zero-order valence-corrected chi connectivity index (χ0v) is 8.33. The lowest BCUT2D eigenvalue weighted by Crippen LogP contribution is -2.37. The van der Waals surface area contributed by atoms with Gasteiger partial charge in [0.15, 0.2) is 0 Å². The Hall–Kier alpha value is -0.540. The van der Waals surface area contributed by atoms with Crippen molar-refractivity contribution in [2.24, 2.45) is 11.3 Å². The summed E-state index contributed by atoms with van der Waals surface area (Å²) < 4.78 is 36.4. The van der Waals surface area contributed by atoms with Gasteiger partial charge in [-0.2, -0.15) is 13.2 Å². The van der Waals surface area contributed by atoms with Crippen LogP contribution in [-0.2, 0) is 4.79 Å². The molecule has 0 aromatic rings. The maximum atomic E-state index is 12.1. The first-order chi connectivity index (χ1) is 5.63. The minimum absolute atomic E-state index is 0.423. The van der Waals surface area contributed by atoms with E-state index >= 15 is 0 Å². The highest BCUT2D eigenvalue weighted by atomic mass is 19.4. The number of carbonyl (C=O) groups excluding carboxylic acids is 1. The van der Waals surface area contributed by atoms with Gasteiger partial charge in [-0.3, -0.25) is 4.79 Å². The van der Waals surface area contributed by atoms with Gasteiger partial charge in [-0.1, -0.05) is 20.8 Å². The third-order valence-corrected chi connectivity index (χ3v) is 2.44. The molecular weight excluding hydrogens is 181 g/mol. The average molecular weight is 196 g/mol. The van der Waals surface area contributed by atoms with Crippen LogP contribution in [0.3, 0.4) is 0 Å². The molecule has 0 radical (unpaired) electrons. The molecule has 0 rings (SSSR count). The maximum absolute atomic E-state index is 12.1. The van der Waals surface area contributed by atoms with Gasteiger partial charge < -0.3 is 0 Å². The van der Waals surface area contributed by atoms with Crippen molar-refractivity contribution in [1.82, 2.24) is 0 Å². The molecule has 0 saturated heterocycles. The van der Waals surface area contributed by atoms with E-state index < -0.39 is 23.3 Å². The quantitative estimate of drug-likeness (QED) is 0.677. The highest BCUT2D eigenvalue weighted by Gasteiger charge is 2.45. The van der Waals surface area contributed by atoms with Crippen LogP contribution in [0.4, 0.5) is 13.2 Å². The van der Waals surface area contributed by atoms with Crippen LogP contribution in [-0.4, -0.2) is 12.0 Å². The van der Waals surface area contributed by atoms with Crippen LogP contribution >= 0.6 is 0 Å². The monoisotopic (exact) mass is 196 g/mol. The predicted molar refractivity (Wildman–Crippen MR) is 44.3 cm³/mol. The molecule has 0 aliphatic rings. The Balaban J connectivity index is 4.63. The van der Waals surface area contributed by atoms with Crippen LogP contribution in [0.1, 0.15) is 34.1 Å². The fraction of sp³-hybridized carbons (Fsp3) is 0.889. The van der Waals surface area contributed by atoms with E-state index in [2.05, 4.69) is 0 Å².